The lowest BCUT2D eigenvalue weighted by Crippen LogP contribution is -2.24. The Morgan fingerprint density at radius 2 is 2.00 bits per heavy atom. The van der Waals surface area contributed by atoms with Gasteiger partial charge in [0, 0.05) is 5.97 Å². The summed E-state index contributed by atoms with van der Waals surface area (Å²) in [7, 11) is 0. The van der Waals surface area contributed by atoms with Gasteiger partial charge in [0.1, 0.15) is 0 Å². The normalized spacial score (nSPS) is 12.3. The van der Waals surface area contributed by atoms with Gasteiger partial charge in [-0.15, -0.1) is 0 Å². The van der Waals surface area contributed by atoms with Gasteiger partial charge in [-0.05, 0) is 37.3 Å². The van der Waals surface area contributed by atoms with E-state index in [0.29, 0.717) is 6.54 Å². The molecule has 1 rings (SSSR count). The summed E-state index contributed by atoms with van der Waals surface area (Å²) >= 11 is 0. The van der Waals surface area contributed by atoms with E-state index in [-0.39, 0.29) is 12.3 Å². The standard InChI is InChI=1S/C12H17NO2/c13-8-4-7-11(9-12(14)15)10-5-2-1-3-6-10/h1-3,5-6,11H,4,7-9,13H2,(H,14,15)/p-1. The van der Waals surface area contributed by atoms with Gasteiger partial charge in [0.05, 0.1) is 0 Å². The number of rotatable bonds is 6. The Hall–Kier alpha value is -1.35. The molecule has 0 radical (unpaired) electrons. The second kappa shape index (κ2) is 6.19. The molecule has 1 aromatic rings. The van der Waals surface area contributed by atoms with Crippen LogP contribution in [0.2, 0.25) is 0 Å². The van der Waals surface area contributed by atoms with Crippen LogP contribution in [0, 0.1) is 0 Å². The summed E-state index contributed by atoms with van der Waals surface area (Å²) in [5.74, 6) is -0.972. The second-order valence-electron chi connectivity index (χ2n) is 3.61. The van der Waals surface area contributed by atoms with Crippen molar-refractivity contribution in [1.29, 1.82) is 0 Å². The number of aliphatic carboxylic acids is 1. The fourth-order valence-electron chi connectivity index (χ4n) is 1.68. The summed E-state index contributed by atoms with van der Waals surface area (Å²) in [5.41, 5.74) is 6.47. The van der Waals surface area contributed by atoms with Crippen molar-refractivity contribution in [3.8, 4) is 0 Å². The van der Waals surface area contributed by atoms with Crippen LogP contribution in [-0.4, -0.2) is 12.5 Å². The Morgan fingerprint density at radius 1 is 1.33 bits per heavy atom. The van der Waals surface area contributed by atoms with Gasteiger partial charge in [0.15, 0.2) is 0 Å². The molecule has 0 aliphatic rings. The van der Waals surface area contributed by atoms with Gasteiger partial charge in [-0.25, -0.2) is 0 Å². The van der Waals surface area contributed by atoms with Gasteiger partial charge in [0.25, 0.3) is 0 Å². The van der Waals surface area contributed by atoms with Crippen LogP contribution in [-0.2, 0) is 4.79 Å². The fraction of sp³-hybridized carbons (Fsp3) is 0.417. The number of benzene rings is 1. The maximum absolute atomic E-state index is 10.6. The first-order valence-corrected chi connectivity index (χ1v) is 5.19. The number of hydrogen-bond donors (Lipinski definition) is 1. The molecule has 3 heteroatoms. The van der Waals surface area contributed by atoms with Crippen LogP contribution < -0.4 is 10.8 Å². The number of carboxylic acids is 1. The van der Waals surface area contributed by atoms with Gasteiger partial charge >= 0.3 is 0 Å². The molecule has 1 unspecified atom stereocenters. The minimum Gasteiger partial charge on any atom is -0.550 e. The Morgan fingerprint density at radius 3 is 2.53 bits per heavy atom. The predicted octanol–water partition coefficient (Wildman–Crippen LogP) is 0.649. The largest absolute Gasteiger partial charge is 0.550 e. The average Bonchev–Trinajstić information content (AvgIpc) is 2.25. The number of nitrogens with two attached hydrogens (primary N) is 1. The van der Waals surface area contributed by atoms with Crippen molar-refractivity contribution in [2.45, 2.75) is 25.2 Å². The van der Waals surface area contributed by atoms with Crippen LogP contribution in [0.3, 0.4) is 0 Å². The van der Waals surface area contributed by atoms with E-state index in [9.17, 15) is 9.90 Å². The third kappa shape index (κ3) is 4.13. The molecule has 1 aromatic carbocycles. The van der Waals surface area contributed by atoms with E-state index in [1.54, 1.807) is 0 Å². The summed E-state index contributed by atoms with van der Waals surface area (Å²) in [5, 5.41) is 10.6. The van der Waals surface area contributed by atoms with Gasteiger partial charge in [-0.2, -0.15) is 0 Å². The van der Waals surface area contributed by atoms with Crippen molar-refractivity contribution in [3.63, 3.8) is 0 Å². The summed E-state index contributed by atoms with van der Waals surface area (Å²) in [6.07, 6.45) is 1.71. The lowest BCUT2D eigenvalue weighted by Gasteiger charge is -2.17. The van der Waals surface area contributed by atoms with Crippen molar-refractivity contribution in [1.82, 2.24) is 0 Å². The zero-order chi connectivity index (χ0) is 11.1. The first-order valence-electron chi connectivity index (χ1n) is 5.19. The highest BCUT2D eigenvalue weighted by Gasteiger charge is 2.10. The molecule has 2 N–H and O–H groups in total. The molecule has 1 atom stereocenters. The van der Waals surface area contributed by atoms with E-state index >= 15 is 0 Å². The lowest BCUT2D eigenvalue weighted by atomic mass is 9.91. The smallest absolute Gasteiger partial charge is 0.0420 e. The molecule has 0 heterocycles. The van der Waals surface area contributed by atoms with E-state index in [4.69, 9.17) is 5.73 Å². The molecule has 3 nitrogen and oxygen atoms in total. The van der Waals surface area contributed by atoms with E-state index in [2.05, 4.69) is 0 Å². The lowest BCUT2D eigenvalue weighted by molar-refractivity contribution is -0.306. The van der Waals surface area contributed by atoms with E-state index in [1.807, 2.05) is 30.3 Å². The minimum absolute atomic E-state index is 0.0275. The number of carbonyl (C=O) groups excluding carboxylic acids is 1. The highest BCUT2D eigenvalue weighted by molar-refractivity contribution is 5.65. The molecular weight excluding hydrogens is 190 g/mol. The quantitative estimate of drug-likeness (QED) is 0.743. The molecule has 0 aromatic heterocycles. The molecule has 0 bridgehead atoms. The van der Waals surface area contributed by atoms with Gasteiger partial charge < -0.3 is 15.6 Å². The van der Waals surface area contributed by atoms with Gasteiger partial charge in [-0.3, -0.25) is 0 Å². The van der Waals surface area contributed by atoms with Gasteiger partial charge in [0.2, 0.25) is 0 Å². The molecule has 0 spiro atoms. The van der Waals surface area contributed by atoms with Crippen LogP contribution >= 0.6 is 0 Å². The number of hydrogen-bond acceptors (Lipinski definition) is 3. The zero-order valence-electron chi connectivity index (χ0n) is 8.69. The molecule has 15 heavy (non-hydrogen) atoms. The molecule has 0 saturated heterocycles. The monoisotopic (exact) mass is 206 g/mol. The van der Waals surface area contributed by atoms with E-state index < -0.39 is 5.97 Å². The van der Waals surface area contributed by atoms with E-state index in [0.717, 1.165) is 18.4 Å². The Kier molecular flexibility index (Phi) is 4.84. The SMILES string of the molecule is NCCCC(CC(=O)[O-])c1ccccc1. The Bertz CT molecular complexity index is 298. The number of carboxylic acid groups (broad SMARTS) is 1. The maximum atomic E-state index is 10.6. The third-order valence-electron chi connectivity index (χ3n) is 2.44. The van der Waals surface area contributed by atoms with Crippen LogP contribution in [0.5, 0.6) is 0 Å². The minimum atomic E-state index is -0.999. The highest BCUT2D eigenvalue weighted by Crippen LogP contribution is 2.23. The Balaban J connectivity index is 2.67. The highest BCUT2D eigenvalue weighted by atomic mass is 16.4. The van der Waals surface area contributed by atoms with E-state index in [1.165, 1.54) is 0 Å². The molecule has 0 aliphatic heterocycles. The predicted molar refractivity (Wildman–Crippen MR) is 57.1 cm³/mol. The molecule has 0 aliphatic carbocycles. The van der Waals surface area contributed by atoms with Crippen LogP contribution in [0.1, 0.15) is 30.7 Å². The Labute approximate surface area is 89.9 Å². The van der Waals surface area contributed by atoms with Crippen molar-refractivity contribution < 1.29 is 9.90 Å². The maximum Gasteiger partial charge on any atom is 0.0420 e. The van der Waals surface area contributed by atoms with Crippen molar-refractivity contribution >= 4 is 5.97 Å². The van der Waals surface area contributed by atoms with Crippen molar-refractivity contribution in [2.75, 3.05) is 6.54 Å². The summed E-state index contributed by atoms with van der Waals surface area (Å²) < 4.78 is 0. The third-order valence-corrected chi connectivity index (χ3v) is 2.44. The summed E-state index contributed by atoms with van der Waals surface area (Å²) in [6, 6.07) is 9.65. The van der Waals surface area contributed by atoms with Crippen molar-refractivity contribution in [2.24, 2.45) is 5.73 Å². The zero-order valence-corrected chi connectivity index (χ0v) is 8.69. The first-order chi connectivity index (χ1) is 7.24. The second-order valence-corrected chi connectivity index (χ2v) is 3.61. The fourth-order valence-corrected chi connectivity index (χ4v) is 1.68. The van der Waals surface area contributed by atoms with Crippen LogP contribution in [0.25, 0.3) is 0 Å². The molecule has 0 amide bonds. The molecule has 0 saturated carbocycles. The van der Waals surface area contributed by atoms with Crippen LogP contribution in [0.4, 0.5) is 0 Å². The number of carbonyl (C=O) groups is 1. The van der Waals surface area contributed by atoms with Gasteiger partial charge in [-0.1, -0.05) is 30.3 Å². The summed E-state index contributed by atoms with van der Waals surface area (Å²) in [6.45, 7) is 0.594. The first kappa shape index (κ1) is 11.7. The molecular formula is C12H16NO2-. The molecule has 82 valence electrons. The van der Waals surface area contributed by atoms with Crippen molar-refractivity contribution in [3.05, 3.63) is 35.9 Å². The average molecular weight is 206 g/mol. The topological polar surface area (TPSA) is 66.2 Å². The van der Waals surface area contributed by atoms with Crippen LogP contribution in [0.15, 0.2) is 30.3 Å². The molecule has 0 fully saturated rings. The summed E-state index contributed by atoms with van der Waals surface area (Å²) in [4.78, 5) is 10.6.